The highest BCUT2D eigenvalue weighted by atomic mass is 16.7. The molecule has 0 aromatic heterocycles. The molecule has 7 rings (SSSR count). The second-order valence-electron chi connectivity index (χ2n) is 16.4. The number of phenols is 3. The minimum Gasteiger partial charge on any atom is -0.507 e. The number of esters is 1. The van der Waals surface area contributed by atoms with E-state index in [1.54, 1.807) is 64.1 Å². The number of hydrogen-bond donors (Lipinski definition) is 6. The van der Waals surface area contributed by atoms with Crippen LogP contribution in [0.3, 0.4) is 0 Å². The van der Waals surface area contributed by atoms with E-state index in [9.17, 15) is 44.7 Å². The number of hydrazone groups is 1. The number of methoxy groups -OCH3 is 1. The molecule has 0 spiro atoms. The molecule has 6 N–H and O–H groups in total. The van der Waals surface area contributed by atoms with E-state index in [-0.39, 0.29) is 45.3 Å². The van der Waals surface area contributed by atoms with E-state index in [1.165, 1.54) is 53.2 Å². The number of aliphatic hydroxyl groups is 2. The summed E-state index contributed by atoms with van der Waals surface area (Å²) in [6.07, 6.45) is 4.34. The van der Waals surface area contributed by atoms with Crippen LogP contribution in [-0.2, 0) is 30.3 Å². The highest BCUT2D eigenvalue weighted by Gasteiger charge is 2.50. The van der Waals surface area contributed by atoms with Gasteiger partial charge in [-0.15, -0.1) is 0 Å². The maximum absolute atomic E-state index is 14.5. The lowest BCUT2D eigenvalue weighted by atomic mass is 9.78. The van der Waals surface area contributed by atoms with Crippen LogP contribution < -0.4 is 10.1 Å². The number of aliphatic hydroxyl groups excluding tert-OH is 2. The highest BCUT2D eigenvalue weighted by Crippen LogP contribution is 2.55. The second-order valence-corrected chi connectivity index (χ2v) is 16.4. The number of nitrogens with zero attached hydrogens (tertiary/aromatic N) is 2. The molecule has 62 heavy (non-hydrogen) atoms. The Hall–Kier alpha value is -6.23. The molecule has 16 nitrogen and oxygen atoms in total. The average molecular weight is 856 g/mol. The number of Topliss-reactive ketones (excluding diaryl/α,β-unsaturated/α-hetero) is 1. The summed E-state index contributed by atoms with van der Waals surface area (Å²) in [5.74, 6) is -9.48. The number of rotatable bonds is 4. The normalized spacial score (nSPS) is 28.3. The molecule has 0 saturated heterocycles. The molecule has 0 fully saturated rings. The average Bonchev–Trinajstić information content (AvgIpc) is 3.70. The van der Waals surface area contributed by atoms with Crippen molar-refractivity contribution in [2.75, 3.05) is 12.4 Å². The number of carbonyl (C=O) groups is 4. The number of benzene rings is 3. The molecule has 3 aromatic carbocycles. The first-order valence-corrected chi connectivity index (χ1v) is 20.3. The SMILES string of the molecule is COC1C=COC2(C)Oc3c(C)c(O)c4c(O)c(c(/C=N/N5Cc6ccccc6C5=O)c(O)c4c3C2=O)NC(=O)C(C)=CC=CC(C)C(O)C(C)C(O)C(C)C(OC(C)=O)C1C. The molecule has 4 aliphatic rings. The summed E-state index contributed by atoms with van der Waals surface area (Å²) >= 11 is 0. The van der Waals surface area contributed by atoms with E-state index >= 15 is 0 Å². The Kier molecular flexibility index (Phi) is 12.9. The van der Waals surface area contributed by atoms with Gasteiger partial charge in [-0.2, -0.15) is 5.10 Å². The Morgan fingerprint density at radius 3 is 2.31 bits per heavy atom. The van der Waals surface area contributed by atoms with Crippen LogP contribution in [-0.4, -0.2) is 97.6 Å². The van der Waals surface area contributed by atoms with Crippen LogP contribution in [0.15, 0.2) is 65.5 Å². The first kappa shape index (κ1) is 45.3. The lowest BCUT2D eigenvalue weighted by molar-refractivity contribution is -0.160. The van der Waals surface area contributed by atoms with Crippen molar-refractivity contribution in [2.24, 2.45) is 28.8 Å². The second kappa shape index (κ2) is 17.6. The van der Waals surface area contributed by atoms with E-state index in [1.807, 2.05) is 0 Å². The van der Waals surface area contributed by atoms with Crippen molar-refractivity contribution in [3.63, 3.8) is 0 Å². The fraction of sp³-hybridized carbons (Fsp3) is 0.413. The van der Waals surface area contributed by atoms with Crippen molar-refractivity contribution in [3.8, 4) is 23.0 Å². The van der Waals surface area contributed by atoms with Gasteiger partial charge in [0.1, 0.15) is 23.4 Å². The van der Waals surface area contributed by atoms with Crippen LogP contribution in [0.1, 0.15) is 85.9 Å². The van der Waals surface area contributed by atoms with Crippen LogP contribution >= 0.6 is 0 Å². The van der Waals surface area contributed by atoms with Crippen LogP contribution in [0.4, 0.5) is 5.69 Å². The van der Waals surface area contributed by atoms with Crippen LogP contribution in [0.2, 0.25) is 0 Å². The third-order valence-electron chi connectivity index (χ3n) is 12.2. The summed E-state index contributed by atoms with van der Waals surface area (Å²) in [7, 11) is 1.42. The molecule has 330 valence electrons. The molecular formula is C46H53N3O13. The summed E-state index contributed by atoms with van der Waals surface area (Å²) in [6.45, 7) is 12.4. The van der Waals surface area contributed by atoms with Gasteiger partial charge in [0, 0.05) is 66.7 Å². The molecule has 16 heteroatoms. The van der Waals surface area contributed by atoms with Gasteiger partial charge in [0.2, 0.25) is 0 Å². The third kappa shape index (κ3) is 8.12. The number of ketones is 1. The summed E-state index contributed by atoms with van der Waals surface area (Å²) in [5.41, 5.74) is 0.268. The zero-order chi connectivity index (χ0) is 45.5. The maximum Gasteiger partial charge on any atom is 0.312 e. The molecule has 9 atom stereocenters. The van der Waals surface area contributed by atoms with E-state index in [2.05, 4.69) is 10.4 Å². The van der Waals surface area contributed by atoms with Crippen molar-refractivity contribution in [1.82, 2.24) is 5.01 Å². The van der Waals surface area contributed by atoms with Gasteiger partial charge >= 0.3 is 11.8 Å². The number of aromatic hydroxyl groups is 3. The molecule has 0 saturated carbocycles. The lowest BCUT2D eigenvalue weighted by Gasteiger charge is -2.38. The monoisotopic (exact) mass is 855 g/mol. The van der Waals surface area contributed by atoms with E-state index in [0.717, 1.165) is 11.2 Å². The number of phenolic OH excluding ortho intramolecular Hbond substituents is 3. The fourth-order valence-corrected chi connectivity index (χ4v) is 8.33. The highest BCUT2D eigenvalue weighted by molar-refractivity contribution is 6.24. The Morgan fingerprint density at radius 1 is 0.952 bits per heavy atom. The predicted octanol–water partition coefficient (Wildman–Crippen LogP) is 5.74. The van der Waals surface area contributed by atoms with Crippen molar-refractivity contribution in [3.05, 3.63) is 88.2 Å². The van der Waals surface area contributed by atoms with E-state index < -0.39 is 100 Å². The molecule has 0 radical (unpaired) electrons. The van der Waals surface area contributed by atoms with Crippen LogP contribution in [0.5, 0.6) is 23.0 Å². The lowest BCUT2D eigenvalue weighted by Crippen LogP contribution is -2.46. The Balaban J connectivity index is 1.53. The van der Waals surface area contributed by atoms with Crippen LogP contribution in [0, 0.1) is 30.6 Å². The van der Waals surface area contributed by atoms with E-state index in [0.29, 0.717) is 11.1 Å². The molecule has 9 unspecified atom stereocenters. The zero-order valence-corrected chi connectivity index (χ0v) is 36.0. The van der Waals surface area contributed by atoms with Crippen molar-refractivity contribution in [1.29, 1.82) is 0 Å². The minimum atomic E-state index is -2.10. The van der Waals surface area contributed by atoms with Crippen molar-refractivity contribution < 1.29 is 63.7 Å². The number of nitrogens with one attached hydrogen (secondary N) is 1. The number of ether oxygens (including phenoxy) is 4. The van der Waals surface area contributed by atoms with Gasteiger partial charge in [0.15, 0.2) is 5.75 Å². The van der Waals surface area contributed by atoms with Gasteiger partial charge in [-0.1, -0.05) is 64.1 Å². The zero-order valence-electron chi connectivity index (χ0n) is 36.0. The number of amides is 2. The molecule has 5 bridgehead atoms. The maximum atomic E-state index is 14.5. The first-order valence-electron chi connectivity index (χ1n) is 20.3. The number of hydrogen-bond acceptors (Lipinski definition) is 14. The fourth-order valence-electron chi connectivity index (χ4n) is 8.33. The van der Waals surface area contributed by atoms with Gasteiger partial charge < -0.3 is 49.8 Å². The van der Waals surface area contributed by atoms with Gasteiger partial charge in [-0.05, 0) is 31.6 Å². The quantitative estimate of drug-likeness (QED) is 0.0796. The number of allylic oxidation sites excluding steroid dienone is 2. The Labute approximate surface area is 358 Å². The summed E-state index contributed by atoms with van der Waals surface area (Å²) in [5, 5.41) is 65.9. The van der Waals surface area contributed by atoms with Gasteiger partial charge in [0.25, 0.3) is 17.6 Å². The summed E-state index contributed by atoms with van der Waals surface area (Å²) < 4.78 is 23.6. The number of carbonyl (C=O) groups excluding carboxylic acids is 4. The first-order chi connectivity index (χ1) is 29.2. The van der Waals surface area contributed by atoms with Crippen molar-refractivity contribution in [2.45, 2.75) is 92.1 Å². The van der Waals surface area contributed by atoms with Crippen LogP contribution in [0.25, 0.3) is 10.8 Å². The predicted molar refractivity (Wildman–Crippen MR) is 228 cm³/mol. The summed E-state index contributed by atoms with van der Waals surface area (Å²) in [4.78, 5) is 53.9. The molecule has 3 aromatic rings. The molecule has 2 amide bonds. The van der Waals surface area contributed by atoms with E-state index in [4.69, 9.17) is 18.9 Å². The molecule has 4 heterocycles. The standard InChI is InChI=1S/C46H53N3O13/c1-21-13-12-14-22(2)44(57)48-35-30(19-47-49-20-28-15-10-11-16-29(28)45(49)58)39(54)32-33(40(35)55)38(53)26(6)42-34(32)43(56)46(8,62-42)60-18-17-31(59-9)23(3)41(61-27(7)50)25(5)37(52)24(4)36(21)51/h10-19,21,23-25,31,36-37,41,51-55H,20H2,1-9H3,(H,48,57)/b13-12?,18-17?,22-14?,47-19+. The Morgan fingerprint density at radius 2 is 1.65 bits per heavy atom. The van der Waals surface area contributed by atoms with Crippen molar-refractivity contribution >= 4 is 46.2 Å². The van der Waals surface area contributed by atoms with Gasteiger partial charge in [-0.3, -0.25) is 19.2 Å². The minimum absolute atomic E-state index is 0.00315. The molecule has 0 aliphatic carbocycles. The smallest absolute Gasteiger partial charge is 0.312 e. The Bertz CT molecular complexity index is 2440. The summed E-state index contributed by atoms with van der Waals surface area (Å²) in [6, 6.07) is 6.89. The topological polar surface area (TPSA) is 234 Å². The molecule has 4 aliphatic heterocycles. The number of anilines is 1. The largest absolute Gasteiger partial charge is 0.507 e. The van der Waals surface area contributed by atoms with Gasteiger partial charge in [0.05, 0.1) is 59.5 Å². The van der Waals surface area contributed by atoms with Gasteiger partial charge in [-0.25, -0.2) is 5.01 Å². The third-order valence-corrected chi connectivity index (χ3v) is 12.2. The number of fused-ring (bicyclic) bond motifs is 15. The molecular weight excluding hydrogens is 803 g/mol.